The SMILES string of the molecule is COc1ccc2ncc(CF)c(C(O)CCC3(C(=O)NO)CCN(CCOc4cc(F)c(F)c(F)c4)CC3)c2c1. The molecular formula is C28H31F4N3O5. The van der Waals surface area contributed by atoms with Crippen LogP contribution in [0.1, 0.15) is 42.9 Å². The van der Waals surface area contributed by atoms with Crippen molar-refractivity contribution in [3.05, 3.63) is 65.1 Å². The van der Waals surface area contributed by atoms with Gasteiger partial charge >= 0.3 is 0 Å². The molecular weight excluding hydrogens is 534 g/mol. The number of carbonyl (C=O) groups is 1. The Morgan fingerprint density at radius 2 is 1.85 bits per heavy atom. The number of benzene rings is 2. The number of methoxy groups -OCH3 is 1. The number of piperidine rings is 1. The number of likely N-dealkylation sites (tertiary alicyclic amines) is 1. The fraction of sp³-hybridized carbons (Fsp3) is 0.429. The van der Waals surface area contributed by atoms with E-state index in [0.29, 0.717) is 54.7 Å². The molecule has 4 rings (SSSR count). The first-order chi connectivity index (χ1) is 19.2. The van der Waals surface area contributed by atoms with E-state index in [0.717, 1.165) is 12.1 Å². The van der Waals surface area contributed by atoms with Crippen LogP contribution in [0.3, 0.4) is 0 Å². The Labute approximate surface area is 228 Å². The molecule has 1 aliphatic rings. The summed E-state index contributed by atoms with van der Waals surface area (Å²) in [7, 11) is 1.50. The number of aromatic nitrogens is 1. The van der Waals surface area contributed by atoms with Crippen molar-refractivity contribution in [2.24, 2.45) is 5.41 Å². The van der Waals surface area contributed by atoms with Crippen molar-refractivity contribution in [2.75, 3.05) is 33.4 Å². The van der Waals surface area contributed by atoms with E-state index < -0.39 is 41.6 Å². The van der Waals surface area contributed by atoms with E-state index >= 15 is 0 Å². The van der Waals surface area contributed by atoms with Gasteiger partial charge in [0.15, 0.2) is 17.5 Å². The summed E-state index contributed by atoms with van der Waals surface area (Å²) in [6.07, 6.45) is 1.34. The van der Waals surface area contributed by atoms with E-state index in [2.05, 4.69) is 4.98 Å². The average molecular weight is 566 g/mol. The molecule has 8 nitrogen and oxygen atoms in total. The van der Waals surface area contributed by atoms with Gasteiger partial charge in [0.25, 0.3) is 0 Å². The minimum absolute atomic E-state index is 0.0764. The maximum Gasteiger partial charge on any atom is 0.249 e. The Bertz CT molecular complexity index is 1320. The predicted octanol–water partition coefficient (Wildman–Crippen LogP) is 4.61. The zero-order valence-corrected chi connectivity index (χ0v) is 21.9. The molecule has 1 aromatic heterocycles. The van der Waals surface area contributed by atoms with E-state index in [-0.39, 0.29) is 30.8 Å². The van der Waals surface area contributed by atoms with Gasteiger partial charge in [-0.25, -0.2) is 23.0 Å². The third kappa shape index (κ3) is 6.29. The molecule has 0 aliphatic carbocycles. The van der Waals surface area contributed by atoms with Gasteiger partial charge in [0.2, 0.25) is 5.91 Å². The van der Waals surface area contributed by atoms with Crippen molar-refractivity contribution in [2.45, 2.75) is 38.5 Å². The standard InChI is InChI=1S/C28H31F4N3O5/c1-39-18-2-3-23-20(12-18)25(17(15-29)16-33-23)24(36)4-5-28(27(37)34-38)6-8-35(9-7-28)10-11-40-19-13-21(30)26(32)22(31)14-19/h2-3,12-14,16,24,36,38H,4-11,15H2,1H3,(H,34,37). The Hall–Kier alpha value is -3.48. The van der Waals surface area contributed by atoms with Crippen molar-refractivity contribution >= 4 is 16.8 Å². The van der Waals surface area contributed by atoms with Crippen molar-refractivity contribution in [1.82, 2.24) is 15.4 Å². The van der Waals surface area contributed by atoms with Crippen LogP contribution in [-0.4, -0.2) is 59.5 Å². The van der Waals surface area contributed by atoms with Gasteiger partial charge in [0.1, 0.15) is 24.8 Å². The second kappa shape index (κ2) is 12.8. The van der Waals surface area contributed by atoms with Crippen LogP contribution in [0.25, 0.3) is 10.9 Å². The summed E-state index contributed by atoms with van der Waals surface area (Å²) in [6, 6.07) is 6.66. The van der Waals surface area contributed by atoms with Crippen molar-refractivity contribution < 1.29 is 42.1 Å². The molecule has 0 radical (unpaired) electrons. The van der Waals surface area contributed by atoms with E-state index in [1.807, 2.05) is 4.90 Å². The molecule has 0 spiro atoms. The first-order valence-corrected chi connectivity index (χ1v) is 12.8. The van der Waals surface area contributed by atoms with Gasteiger partial charge in [-0.15, -0.1) is 0 Å². The minimum atomic E-state index is -1.57. The van der Waals surface area contributed by atoms with Crippen LogP contribution in [0.5, 0.6) is 11.5 Å². The molecule has 1 saturated heterocycles. The second-order valence-electron chi connectivity index (χ2n) is 9.88. The minimum Gasteiger partial charge on any atom is -0.497 e. The number of rotatable bonds is 11. The van der Waals surface area contributed by atoms with Gasteiger partial charge in [-0.3, -0.25) is 19.9 Å². The lowest BCUT2D eigenvalue weighted by molar-refractivity contribution is -0.144. The number of nitrogens with zero attached hydrogens (tertiary/aromatic N) is 2. The molecule has 12 heteroatoms. The monoisotopic (exact) mass is 565 g/mol. The van der Waals surface area contributed by atoms with E-state index in [4.69, 9.17) is 9.47 Å². The van der Waals surface area contributed by atoms with Gasteiger partial charge in [0.05, 0.1) is 24.1 Å². The van der Waals surface area contributed by atoms with Gasteiger partial charge < -0.3 is 14.6 Å². The molecule has 1 unspecified atom stereocenters. The van der Waals surface area contributed by atoms with Gasteiger partial charge in [-0.1, -0.05) is 0 Å². The number of halogens is 4. The van der Waals surface area contributed by atoms with Crippen LogP contribution in [0.2, 0.25) is 0 Å². The number of alkyl halides is 1. The third-order valence-corrected chi connectivity index (χ3v) is 7.60. The number of pyridine rings is 1. The highest BCUT2D eigenvalue weighted by molar-refractivity contribution is 5.85. The van der Waals surface area contributed by atoms with Crippen LogP contribution in [0.15, 0.2) is 36.5 Å². The molecule has 2 heterocycles. The van der Waals surface area contributed by atoms with Crippen LogP contribution in [0.4, 0.5) is 17.6 Å². The number of hydrogen-bond acceptors (Lipinski definition) is 7. The quantitative estimate of drug-likeness (QED) is 0.135. The Balaban J connectivity index is 1.41. The van der Waals surface area contributed by atoms with Crippen molar-refractivity contribution in [3.8, 4) is 11.5 Å². The van der Waals surface area contributed by atoms with Crippen molar-refractivity contribution in [3.63, 3.8) is 0 Å². The number of carbonyl (C=O) groups excluding carboxylic acids is 1. The first-order valence-electron chi connectivity index (χ1n) is 12.8. The topological polar surface area (TPSA) is 104 Å². The van der Waals surface area contributed by atoms with Crippen LogP contribution < -0.4 is 15.0 Å². The van der Waals surface area contributed by atoms with Crippen LogP contribution in [-0.2, 0) is 11.5 Å². The maximum atomic E-state index is 13.9. The second-order valence-corrected chi connectivity index (χ2v) is 9.88. The number of nitrogens with one attached hydrogen (secondary N) is 1. The fourth-order valence-electron chi connectivity index (χ4n) is 5.24. The number of fused-ring (bicyclic) bond motifs is 1. The third-order valence-electron chi connectivity index (χ3n) is 7.60. The molecule has 216 valence electrons. The van der Waals surface area contributed by atoms with E-state index in [1.165, 1.54) is 13.3 Å². The van der Waals surface area contributed by atoms with Gasteiger partial charge in [0, 0.05) is 35.8 Å². The molecule has 3 aromatic rings. The summed E-state index contributed by atoms with van der Waals surface area (Å²) >= 11 is 0. The number of hydrogen-bond donors (Lipinski definition) is 3. The highest BCUT2D eigenvalue weighted by atomic mass is 19.2. The Kier molecular flexibility index (Phi) is 9.44. The number of ether oxygens (including phenoxy) is 2. The number of aliphatic hydroxyl groups excluding tert-OH is 1. The molecule has 0 bridgehead atoms. The molecule has 2 aromatic carbocycles. The summed E-state index contributed by atoms with van der Waals surface area (Å²) < 4.78 is 64.4. The summed E-state index contributed by atoms with van der Waals surface area (Å²) in [5, 5.41) is 21.2. The van der Waals surface area contributed by atoms with Gasteiger partial charge in [-0.05, 0) is 62.5 Å². The molecule has 1 atom stereocenters. The fourth-order valence-corrected chi connectivity index (χ4v) is 5.24. The lowest BCUT2D eigenvalue weighted by atomic mass is 9.73. The van der Waals surface area contributed by atoms with E-state index in [1.54, 1.807) is 23.7 Å². The Morgan fingerprint density at radius 3 is 2.48 bits per heavy atom. The lowest BCUT2D eigenvalue weighted by Crippen LogP contribution is -2.49. The Morgan fingerprint density at radius 1 is 1.15 bits per heavy atom. The van der Waals surface area contributed by atoms with Crippen molar-refractivity contribution in [1.29, 1.82) is 0 Å². The molecule has 1 fully saturated rings. The normalized spacial score (nSPS) is 16.1. The molecule has 0 saturated carbocycles. The predicted molar refractivity (Wildman–Crippen MR) is 137 cm³/mol. The molecule has 1 amide bonds. The largest absolute Gasteiger partial charge is 0.497 e. The summed E-state index contributed by atoms with van der Waals surface area (Å²) in [5.74, 6) is -4.42. The molecule has 40 heavy (non-hydrogen) atoms. The maximum absolute atomic E-state index is 13.9. The van der Waals surface area contributed by atoms with Crippen LogP contribution >= 0.6 is 0 Å². The van der Waals surface area contributed by atoms with E-state index in [9.17, 15) is 32.7 Å². The summed E-state index contributed by atoms with van der Waals surface area (Å²) in [5.41, 5.74) is 1.96. The lowest BCUT2D eigenvalue weighted by Gasteiger charge is -2.40. The summed E-state index contributed by atoms with van der Waals surface area (Å²) in [4.78, 5) is 19.0. The average Bonchev–Trinajstić information content (AvgIpc) is 2.97. The zero-order chi connectivity index (χ0) is 28.9. The highest BCUT2D eigenvalue weighted by Crippen LogP contribution is 2.40. The zero-order valence-electron chi connectivity index (χ0n) is 21.9. The highest BCUT2D eigenvalue weighted by Gasteiger charge is 2.41. The smallest absolute Gasteiger partial charge is 0.249 e. The number of amides is 1. The first kappa shape index (κ1) is 29.5. The number of hydroxylamine groups is 1. The van der Waals surface area contributed by atoms with Gasteiger partial charge in [-0.2, -0.15) is 0 Å². The molecule has 1 aliphatic heterocycles. The molecule has 3 N–H and O–H groups in total. The number of aliphatic hydroxyl groups is 1. The summed E-state index contributed by atoms with van der Waals surface area (Å²) in [6.45, 7) is 0.523. The van der Waals surface area contributed by atoms with Crippen LogP contribution in [0, 0.1) is 22.9 Å².